The maximum Gasteiger partial charge on any atom is 0.107 e. The van der Waals surface area contributed by atoms with Gasteiger partial charge < -0.3 is 10.6 Å². The van der Waals surface area contributed by atoms with Crippen molar-refractivity contribution >= 4 is 22.9 Å². The second kappa shape index (κ2) is 6.14. The van der Waals surface area contributed by atoms with Crippen molar-refractivity contribution in [1.82, 2.24) is 4.98 Å². The fraction of sp³-hybridized carbons (Fsp3) is 0.571. The van der Waals surface area contributed by atoms with Crippen molar-refractivity contribution in [2.75, 3.05) is 18.0 Å². The van der Waals surface area contributed by atoms with E-state index < -0.39 is 0 Å². The van der Waals surface area contributed by atoms with E-state index in [0.717, 1.165) is 35.7 Å². The Balaban J connectivity index is 3.31. The molecule has 1 rings (SSSR count). The Morgan fingerprint density at radius 2 is 2.06 bits per heavy atom. The summed E-state index contributed by atoms with van der Waals surface area (Å²) >= 11 is 5.17. The zero-order valence-electron chi connectivity index (χ0n) is 11.9. The van der Waals surface area contributed by atoms with Crippen LogP contribution >= 0.6 is 12.2 Å². The van der Waals surface area contributed by atoms with Gasteiger partial charge in [-0.3, -0.25) is 4.98 Å². The maximum atomic E-state index is 5.85. The molecule has 0 aromatic carbocycles. The molecule has 0 fully saturated rings. The molecule has 1 aromatic rings. The van der Waals surface area contributed by atoms with Crippen molar-refractivity contribution in [3.63, 3.8) is 0 Å². The summed E-state index contributed by atoms with van der Waals surface area (Å²) in [5.41, 5.74) is 9.80. The van der Waals surface area contributed by atoms with Crippen molar-refractivity contribution in [2.45, 2.75) is 34.6 Å². The van der Waals surface area contributed by atoms with E-state index in [2.05, 4.69) is 36.7 Å². The third-order valence-corrected chi connectivity index (χ3v) is 3.07. The molecule has 0 unspecified atom stereocenters. The first-order valence-corrected chi connectivity index (χ1v) is 6.80. The summed E-state index contributed by atoms with van der Waals surface area (Å²) in [5, 5.41) is 0. The van der Waals surface area contributed by atoms with Crippen LogP contribution in [0, 0.1) is 19.8 Å². The summed E-state index contributed by atoms with van der Waals surface area (Å²) in [5.74, 6) is 0.595. The molecule has 4 heteroatoms. The summed E-state index contributed by atoms with van der Waals surface area (Å²) < 4.78 is 0. The Morgan fingerprint density at radius 1 is 1.44 bits per heavy atom. The number of hydrogen-bond donors (Lipinski definition) is 1. The Labute approximate surface area is 115 Å². The SMILES string of the molecule is CCN(CC(C)C)c1cc(C)nc(C)c1C(N)=S. The summed E-state index contributed by atoms with van der Waals surface area (Å²) in [6.07, 6.45) is 0. The van der Waals surface area contributed by atoms with Crippen molar-refractivity contribution < 1.29 is 0 Å². The van der Waals surface area contributed by atoms with Crippen LogP contribution in [0.15, 0.2) is 6.07 Å². The second-order valence-corrected chi connectivity index (χ2v) is 5.48. The van der Waals surface area contributed by atoms with Gasteiger partial charge in [-0.1, -0.05) is 26.1 Å². The standard InChI is InChI=1S/C14H23N3S/c1-6-17(8-9(2)3)12-7-10(4)16-11(5)13(12)14(15)18/h7,9H,6,8H2,1-5H3,(H2,15,18). The van der Waals surface area contributed by atoms with Crippen molar-refractivity contribution in [3.05, 3.63) is 23.0 Å². The summed E-state index contributed by atoms with van der Waals surface area (Å²) in [6, 6.07) is 2.08. The molecule has 0 saturated carbocycles. The summed E-state index contributed by atoms with van der Waals surface area (Å²) in [7, 11) is 0. The molecule has 0 radical (unpaired) electrons. The average Bonchev–Trinajstić information content (AvgIpc) is 2.23. The van der Waals surface area contributed by atoms with Gasteiger partial charge in [-0.15, -0.1) is 0 Å². The molecule has 1 aromatic heterocycles. The smallest absolute Gasteiger partial charge is 0.107 e. The third kappa shape index (κ3) is 3.42. The molecule has 0 aliphatic carbocycles. The number of rotatable bonds is 5. The van der Waals surface area contributed by atoms with E-state index in [0.29, 0.717) is 10.9 Å². The Morgan fingerprint density at radius 3 is 2.50 bits per heavy atom. The van der Waals surface area contributed by atoms with Gasteiger partial charge in [0.25, 0.3) is 0 Å². The van der Waals surface area contributed by atoms with Crippen LogP contribution in [0.5, 0.6) is 0 Å². The molecule has 0 aliphatic rings. The van der Waals surface area contributed by atoms with Gasteiger partial charge in [-0.05, 0) is 32.8 Å². The fourth-order valence-electron chi connectivity index (χ4n) is 2.20. The van der Waals surface area contributed by atoms with Crippen LogP contribution in [0.4, 0.5) is 5.69 Å². The van der Waals surface area contributed by atoms with Crippen LogP contribution in [0.25, 0.3) is 0 Å². The minimum atomic E-state index is 0.428. The zero-order chi connectivity index (χ0) is 13.9. The van der Waals surface area contributed by atoms with E-state index in [9.17, 15) is 0 Å². The monoisotopic (exact) mass is 265 g/mol. The minimum Gasteiger partial charge on any atom is -0.389 e. The third-order valence-electron chi connectivity index (χ3n) is 2.86. The van der Waals surface area contributed by atoms with Crippen LogP contribution in [0.1, 0.15) is 37.7 Å². The van der Waals surface area contributed by atoms with E-state index in [1.807, 2.05) is 13.8 Å². The Kier molecular flexibility index (Phi) is 5.08. The summed E-state index contributed by atoms with van der Waals surface area (Å²) in [4.78, 5) is 7.21. The van der Waals surface area contributed by atoms with Crippen molar-refractivity contribution in [3.8, 4) is 0 Å². The van der Waals surface area contributed by atoms with Crippen LogP contribution < -0.4 is 10.6 Å². The van der Waals surface area contributed by atoms with Crippen molar-refractivity contribution in [1.29, 1.82) is 0 Å². The van der Waals surface area contributed by atoms with Gasteiger partial charge in [0.2, 0.25) is 0 Å². The molecule has 0 bridgehead atoms. The molecule has 0 spiro atoms. The predicted octanol–water partition coefficient (Wildman–Crippen LogP) is 2.81. The first-order chi connectivity index (χ1) is 8.36. The van der Waals surface area contributed by atoms with Gasteiger partial charge in [0, 0.05) is 24.5 Å². The number of nitrogens with zero attached hydrogens (tertiary/aromatic N) is 2. The molecule has 3 nitrogen and oxygen atoms in total. The quantitative estimate of drug-likeness (QED) is 0.831. The maximum absolute atomic E-state index is 5.85. The minimum absolute atomic E-state index is 0.428. The number of nitrogens with two attached hydrogens (primary N) is 1. The molecule has 0 aliphatic heterocycles. The number of aromatic nitrogens is 1. The van der Waals surface area contributed by atoms with E-state index >= 15 is 0 Å². The first-order valence-electron chi connectivity index (χ1n) is 6.39. The lowest BCUT2D eigenvalue weighted by Crippen LogP contribution is -2.30. The molecule has 0 atom stereocenters. The van der Waals surface area contributed by atoms with E-state index in [1.54, 1.807) is 0 Å². The number of hydrogen-bond acceptors (Lipinski definition) is 3. The highest BCUT2D eigenvalue weighted by molar-refractivity contribution is 7.80. The Hall–Kier alpha value is -1.16. The number of anilines is 1. The number of aryl methyl sites for hydroxylation is 2. The van der Waals surface area contributed by atoms with Gasteiger partial charge in [0.05, 0.1) is 11.3 Å². The number of pyridine rings is 1. The average molecular weight is 265 g/mol. The van der Waals surface area contributed by atoms with Gasteiger partial charge in [-0.25, -0.2) is 0 Å². The van der Waals surface area contributed by atoms with Crippen LogP contribution in [-0.4, -0.2) is 23.1 Å². The fourth-order valence-corrected chi connectivity index (χ4v) is 2.45. The topological polar surface area (TPSA) is 42.2 Å². The van der Waals surface area contributed by atoms with Crippen molar-refractivity contribution in [2.24, 2.45) is 11.7 Å². The molecular formula is C14H23N3S. The lowest BCUT2D eigenvalue weighted by atomic mass is 10.1. The lowest BCUT2D eigenvalue weighted by molar-refractivity contribution is 0.618. The highest BCUT2D eigenvalue weighted by Crippen LogP contribution is 2.24. The van der Waals surface area contributed by atoms with Gasteiger partial charge in [0.1, 0.15) is 4.99 Å². The highest BCUT2D eigenvalue weighted by Gasteiger charge is 2.16. The Bertz CT molecular complexity index is 441. The van der Waals surface area contributed by atoms with Gasteiger partial charge >= 0.3 is 0 Å². The number of thiocarbonyl (C=S) groups is 1. The first kappa shape index (κ1) is 14.9. The molecule has 2 N–H and O–H groups in total. The van der Waals surface area contributed by atoms with Crippen LogP contribution in [0.2, 0.25) is 0 Å². The molecular weight excluding hydrogens is 242 g/mol. The van der Waals surface area contributed by atoms with E-state index in [-0.39, 0.29) is 0 Å². The predicted molar refractivity (Wildman–Crippen MR) is 82.3 cm³/mol. The highest BCUT2D eigenvalue weighted by atomic mass is 32.1. The van der Waals surface area contributed by atoms with E-state index in [1.165, 1.54) is 0 Å². The van der Waals surface area contributed by atoms with Crippen LogP contribution in [-0.2, 0) is 0 Å². The normalized spacial score (nSPS) is 10.8. The van der Waals surface area contributed by atoms with Gasteiger partial charge in [0.15, 0.2) is 0 Å². The molecule has 0 amide bonds. The molecule has 0 saturated heterocycles. The zero-order valence-corrected chi connectivity index (χ0v) is 12.8. The second-order valence-electron chi connectivity index (χ2n) is 5.04. The lowest BCUT2D eigenvalue weighted by Gasteiger charge is -2.28. The summed E-state index contributed by atoms with van der Waals surface area (Å²) in [6.45, 7) is 12.5. The molecule has 1 heterocycles. The van der Waals surface area contributed by atoms with Crippen LogP contribution in [0.3, 0.4) is 0 Å². The van der Waals surface area contributed by atoms with Gasteiger partial charge in [-0.2, -0.15) is 0 Å². The largest absolute Gasteiger partial charge is 0.389 e. The van der Waals surface area contributed by atoms with E-state index in [4.69, 9.17) is 18.0 Å². The molecule has 18 heavy (non-hydrogen) atoms. The molecule has 100 valence electrons.